The number of carbonyl (C=O) groups is 2. The maximum atomic E-state index is 11.7. The van der Waals surface area contributed by atoms with Gasteiger partial charge >= 0.3 is 0 Å². The average molecular weight is 261 g/mol. The molecule has 1 aromatic rings. The number of amides is 2. The highest BCUT2D eigenvalue weighted by Gasteiger charge is 2.34. The van der Waals surface area contributed by atoms with Gasteiger partial charge in [0.2, 0.25) is 0 Å². The first-order valence-corrected chi connectivity index (χ1v) is 5.89. The summed E-state index contributed by atoms with van der Waals surface area (Å²) in [5.41, 5.74) is 1.50. The third-order valence-corrected chi connectivity index (χ3v) is 3.17. The lowest BCUT2D eigenvalue weighted by molar-refractivity contribution is -0.140. The van der Waals surface area contributed by atoms with Crippen molar-refractivity contribution in [1.82, 2.24) is 4.90 Å². The number of ether oxygens (including phenoxy) is 1. The van der Waals surface area contributed by atoms with Crippen LogP contribution in [0.25, 0.3) is 0 Å². The van der Waals surface area contributed by atoms with Crippen LogP contribution in [-0.4, -0.2) is 35.5 Å². The number of aryl methyl sites for hydroxylation is 1. The summed E-state index contributed by atoms with van der Waals surface area (Å²) in [6, 6.07) is 4.67. The molecule has 2 rings (SSSR count). The molecule has 0 saturated heterocycles. The molecule has 1 aliphatic heterocycles. The smallest absolute Gasteiger partial charge is 0.254 e. The van der Waals surface area contributed by atoms with Crippen molar-refractivity contribution in [1.29, 1.82) is 0 Å². The fraction of sp³-hybridized carbons (Fsp3) is 0.286. The second kappa shape index (κ2) is 5.24. The van der Waals surface area contributed by atoms with Crippen LogP contribution in [0, 0.1) is 6.92 Å². The molecule has 5 nitrogen and oxygen atoms in total. The summed E-state index contributed by atoms with van der Waals surface area (Å²) in [5, 5.41) is 9.59. The summed E-state index contributed by atoms with van der Waals surface area (Å²) >= 11 is 0. The molecule has 100 valence electrons. The molecule has 0 saturated carbocycles. The first-order valence-electron chi connectivity index (χ1n) is 5.89. The van der Waals surface area contributed by atoms with Crippen molar-refractivity contribution < 1.29 is 19.4 Å². The topological polar surface area (TPSA) is 66.8 Å². The van der Waals surface area contributed by atoms with Crippen LogP contribution in [0.2, 0.25) is 0 Å². The quantitative estimate of drug-likeness (QED) is 0.820. The van der Waals surface area contributed by atoms with E-state index in [1.54, 1.807) is 6.07 Å². The van der Waals surface area contributed by atoms with Crippen molar-refractivity contribution >= 4 is 11.8 Å². The number of methoxy groups -OCH3 is 1. The number of benzene rings is 1. The summed E-state index contributed by atoms with van der Waals surface area (Å²) in [6.45, 7) is 1.50. The number of rotatable bonds is 4. The first-order chi connectivity index (χ1) is 9.10. The summed E-state index contributed by atoms with van der Waals surface area (Å²) < 4.78 is 5.26. The van der Waals surface area contributed by atoms with Gasteiger partial charge in [0.05, 0.1) is 19.8 Å². The number of aliphatic hydroxyl groups excluding tert-OH is 1. The third kappa shape index (κ3) is 2.24. The maximum absolute atomic E-state index is 11.7. The molecule has 1 atom stereocenters. The molecule has 0 aromatic heterocycles. The number of hydrogen-bond acceptors (Lipinski definition) is 4. The van der Waals surface area contributed by atoms with E-state index in [2.05, 4.69) is 0 Å². The predicted octanol–water partition coefficient (Wildman–Crippen LogP) is 0.962. The second-order valence-corrected chi connectivity index (χ2v) is 4.27. The van der Waals surface area contributed by atoms with E-state index in [-0.39, 0.29) is 6.61 Å². The molecule has 1 N–H and O–H groups in total. The Morgan fingerprint density at radius 3 is 2.42 bits per heavy atom. The van der Waals surface area contributed by atoms with Gasteiger partial charge in [0.25, 0.3) is 11.8 Å². The van der Waals surface area contributed by atoms with E-state index in [9.17, 15) is 14.7 Å². The molecular weight excluding hydrogens is 246 g/mol. The molecule has 1 aliphatic rings. The summed E-state index contributed by atoms with van der Waals surface area (Å²) in [6.07, 6.45) is 2.41. The Morgan fingerprint density at radius 2 is 1.89 bits per heavy atom. The van der Waals surface area contributed by atoms with E-state index in [0.717, 1.165) is 10.5 Å². The van der Waals surface area contributed by atoms with Crippen LogP contribution in [0.5, 0.6) is 5.75 Å². The van der Waals surface area contributed by atoms with Gasteiger partial charge in [0.1, 0.15) is 5.75 Å². The van der Waals surface area contributed by atoms with Crippen LogP contribution in [0.3, 0.4) is 0 Å². The van der Waals surface area contributed by atoms with Crippen LogP contribution in [-0.2, 0) is 9.59 Å². The van der Waals surface area contributed by atoms with Crippen molar-refractivity contribution in [3.63, 3.8) is 0 Å². The lowest BCUT2D eigenvalue weighted by atomic mass is 9.99. The Morgan fingerprint density at radius 1 is 1.26 bits per heavy atom. The van der Waals surface area contributed by atoms with E-state index in [1.807, 2.05) is 19.1 Å². The largest absolute Gasteiger partial charge is 0.496 e. The Labute approximate surface area is 111 Å². The van der Waals surface area contributed by atoms with Gasteiger partial charge in [-0.05, 0) is 18.6 Å². The Bertz CT molecular complexity index is 532. The molecule has 0 fully saturated rings. The molecule has 5 heteroatoms. The number of aliphatic hydroxyl groups is 1. The molecule has 0 bridgehead atoms. The molecule has 2 amide bonds. The predicted molar refractivity (Wildman–Crippen MR) is 68.6 cm³/mol. The fourth-order valence-electron chi connectivity index (χ4n) is 2.28. The van der Waals surface area contributed by atoms with Crippen molar-refractivity contribution in [3.05, 3.63) is 41.5 Å². The van der Waals surface area contributed by atoms with Gasteiger partial charge in [-0.15, -0.1) is 0 Å². The second-order valence-electron chi connectivity index (χ2n) is 4.27. The average Bonchev–Trinajstić information content (AvgIpc) is 2.73. The normalized spacial score (nSPS) is 16.1. The highest BCUT2D eigenvalue weighted by Crippen LogP contribution is 2.33. The summed E-state index contributed by atoms with van der Waals surface area (Å²) in [5.74, 6) is -0.296. The minimum absolute atomic E-state index is 0.347. The highest BCUT2D eigenvalue weighted by atomic mass is 16.5. The van der Waals surface area contributed by atoms with E-state index in [0.29, 0.717) is 11.3 Å². The van der Waals surface area contributed by atoms with Crippen LogP contribution < -0.4 is 4.74 Å². The molecule has 1 aromatic carbocycles. The van der Waals surface area contributed by atoms with Crippen LogP contribution in [0.15, 0.2) is 30.4 Å². The molecule has 1 unspecified atom stereocenters. The van der Waals surface area contributed by atoms with Crippen LogP contribution >= 0.6 is 0 Å². The Hall–Kier alpha value is -2.14. The van der Waals surface area contributed by atoms with Gasteiger partial charge in [0, 0.05) is 17.7 Å². The zero-order valence-electron chi connectivity index (χ0n) is 10.8. The van der Waals surface area contributed by atoms with E-state index >= 15 is 0 Å². The summed E-state index contributed by atoms with van der Waals surface area (Å²) in [4.78, 5) is 24.5. The zero-order chi connectivity index (χ0) is 14.0. The zero-order valence-corrected chi connectivity index (χ0v) is 10.8. The number of nitrogens with zero attached hydrogens (tertiary/aromatic N) is 1. The molecular formula is C14H15NO4. The Kier molecular flexibility index (Phi) is 3.66. The minimum atomic E-state index is -0.730. The van der Waals surface area contributed by atoms with Crippen molar-refractivity contribution in [2.24, 2.45) is 0 Å². The van der Waals surface area contributed by atoms with Crippen LogP contribution in [0.1, 0.15) is 17.2 Å². The van der Waals surface area contributed by atoms with E-state index in [1.165, 1.54) is 19.3 Å². The minimum Gasteiger partial charge on any atom is -0.496 e. The summed E-state index contributed by atoms with van der Waals surface area (Å²) in [7, 11) is 1.51. The molecule has 0 aliphatic carbocycles. The van der Waals surface area contributed by atoms with Gasteiger partial charge in [0.15, 0.2) is 0 Å². The maximum Gasteiger partial charge on any atom is 0.254 e. The lowest BCUT2D eigenvalue weighted by Gasteiger charge is -2.27. The van der Waals surface area contributed by atoms with Crippen molar-refractivity contribution in [2.45, 2.75) is 13.0 Å². The van der Waals surface area contributed by atoms with E-state index in [4.69, 9.17) is 4.74 Å². The number of carbonyl (C=O) groups excluding carboxylic acids is 2. The molecule has 19 heavy (non-hydrogen) atoms. The SMILES string of the molecule is COc1cccc(C)c1C(CO)N1C(=O)C=CC1=O. The molecule has 0 spiro atoms. The number of imide groups is 1. The number of hydrogen-bond donors (Lipinski definition) is 1. The fourth-order valence-corrected chi connectivity index (χ4v) is 2.28. The van der Waals surface area contributed by atoms with Crippen molar-refractivity contribution in [3.8, 4) is 5.75 Å². The van der Waals surface area contributed by atoms with Gasteiger partial charge in [-0.25, -0.2) is 0 Å². The standard InChI is InChI=1S/C14H15NO4/c1-9-4-3-5-11(19-2)14(9)10(8-16)15-12(17)6-7-13(15)18/h3-7,10,16H,8H2,1-2H3. The van der Waals surface area contributed by atoms with Gasteiger partial charge in [-0.1, -0.05) is 12.1 Å². The van der Waals surface area contributed by atoms with Crippen molar-refractivity contribution in [2.75, 3.05) is 13.7 Å². The van der Waals surface area contributed by atoms with Gasteiger partial charge < -0.3 is 9.84 Å². The Balaban J connectivity index is 2.49. The van der Waals surface area contributed by atoms with Crippen LogP contribution in [0.4, 0.5) is 0 Å². The third-order valence-electron chi connectivity index (χ3n) is 3.17. The monoisotopic (exact) mass is 261 g/mol. The molecule has 1 heterocycles. The van der Waals surface area contributed by atoms with Gasteiger partial charge in [-0.2, -0.15) is 0 Å². The lowest BCUT2D eigenvalue weighted by Crippen LogP contribution is -2.36. The van der Waals surface area contributed by atoms with E-state index < -0.39 is 17.9 Å². The first kappa shape index (κ1) is 13.3. The molecule has 0 radical (unpaired) electrons. The highest BCUT2D eigenvalue weighted by molar-refractivity contribution is 6.13. The van der Waals surface area contributed by atoms with Gasteiger partial charge in [-0.3, -0.25) is 14.5 Å².